The van der Waals surface area contributed by atoms with Gasteiger partial charge in [0.05, 0.1) is 11.4 Å². The summed E-state index contributed by atoms with van der Waals surface area (Å²) in [5, 5.41) is 15.5. The number of hydrogen-bond acceptors (Lipinski definition) is 4. The average molecular weight is 411 g/mol. The molecule has 2 rings (SSSR count). The van der Waals surface area contributed by atoms with Gasteiger partial charge in [0.2, 0.25) is 10.0 Å². The van der Waals surface area contributed by atoms with Crippen molar-refractivity contribution in [2.45, 2.75) is 39.5 Å². The van der Waals surface area contributed by atoms with Gasteiger partial charge in [0.1, 0.15) is 0 Å². The zero-order chi connectivity index (χ0) is 20.4. The van der Waals surface area contributed by atoms with Crippen LogP contribution in [0.5, 0.6) is 0 Å². The molecule has 0 bridgehead atoms. The van der Waals surface area contributed by atoms with Gasteiger partial charge in [0.25, 0.3) is 0 Å². The van der Waals surface area contributed by atoms with Crippen LogP contribution in [-0.2, 0) is 16.4 Å². The number of aliphatic hydroxyl groups is 1. The van der Waals surface area contributed by atoms with Crippen LogP contribution in [-0.4, -0.2) is 58.0 Å². The Balaban J connectivity index is 1.92. The molecule has 158 valence electrons. The lowest BCUT2D eigenvalue weighted by Gasteiger charge is -2.20. The van der Waals surface area contributed by atoms with Crippen molar-refractivity contribution in [2.75, 3.05) is 42.8 Å². The number of rotatable bonds is 11. The predicted octanol–water partition coefficient (Wildman–Crippen LogP) is 1.73. The third-order valence-corrected chi connectivity index (χ3v) is 6.69. The maximum absolute atomic E-state index is 12.8. The summed E-state index contributed by atoms with van der Waals surface area (Å²) < 4.78 is 27.1. The lowest BCUT2D eigenvalue weighted by atomic mass is 10.0. The molecule has 0 fully saturated rings. The molecule has 1 aromatic rings. The largest absolute Gasteiger partial charge is 0.396 e. The molecule has 0 radical (unpaired) electrons. The highest BCUT2D eigenvalue weighted by molar-refractivity contribution is 7.92. The quantitative estimate of drug-likeness (QED) is 0.382. The number of benzene rings is 1. The molecule has 0 spiro atoms. The van der Waals surface area contributed by atoms with E-state index in [-0.39, 0.29) is 12.4 Å². The van der Waals surface area contributed by atoms with Crippen molar-refractivity contribution >= 4 is 21.7 Å². The van der Waals surface area contributed by atoms with E-state index in [4.69, 9.17) is 0 Å². The zero-order valence-corrected chi connectivity index (χ0v) is 17.8. The first-order valence-electron chi connectivity index (χ1n) is 10.2. The Bertz CT molecular complexity index is 731. The molecule has 1 aromatic carbocycles. The Hall–Kier alpha value is -1.80. The maximum atomic E-state index is 12.8. The van der Waals surface area contributed by atoms with E-state index in [1.54, 1.807) is 0 Å². The van der Waals surface area contributed by atoms with E-state index in [0.29, 0.717) is 38.1 Å². The third-order valence-electron chi connectivity index (χ3n) is 4.92. The summed E-state index contributed by atoms with van der Waals surface area (Å²) in [4.78, 5) is 4.58. The van der Waals surface area contributed by atoms with Crippen molar-refractivity contribution in [3.63, 3.8) is 0 Å². The van der Waals surface area contributed by atoms with Gasteiger partial charge < -0.3 is 15.7 Å². The monoisotopic (exact) mass is 410 g/mol. The molecule has 0 aromatic heterocycles. The van der Waals surface area contributed by atoms with Gasteiger partial charge in [-0.15, -0.1) is 0 Å². The molecular weight excluding hydrogens is 376 g/mol. The Kier molecular flexibility index (Phi) is 9.05. The van der Waals surface area contributed by atoms with Crippen LogP contribution >= 0.6 is 0 Å². The van der Waals surface area contributed by atoms with Gasteiger partial charge in [-0.25, -0.2) is 8.42 Å². The molecule has 1 atom stereocenters. The zero-order valence-electron chi connectivity index (χ0n) is 17.0. The summed E-state index contributed by atoms with van der Waals surface area (Å²) >= 11 is 0. The second kappa shape index (κ2) is 11.3. The molecule has 1 unspecified atom stereocenters. The van der Waals surface area contributed by atoms with Crippen molar-refractivity contribution in [1.82, 2.24) is 10.6 Å². The summed E-state index contributed by atoms with van der Waals surface area (Å²) in [7, 11) is -3.38. The molecular formula is C20H34N4O3S. The van der Waals surface area contributed by atoms with Gasteiger partial charge in [-0.1, -0.05) is 31.5 Å². The second-order valence-electron chi connectivity index (χ2n) is 7.08. The molecule has 0 saturated heterocycles. The molecule has 1 aliphatic heterocycles. The number of hydrogen-bond donors (Lipinski definition) is 3. The van der Waals surface area contributed by atoms with E-state index >= 15 is 0 Å². The first-order chi connectivity index (χ1) is 13.5. The summed E-state index contributed by atoms with van der Waals surface area (Å²) in [5.41, 5.74) is 1.88. The molecule has 1 aliphatic rings. The number of fused-ring (bicyclic) bond motifs is 1. The summed E-state index contributed by atoms with van der Waals surface area (Å²) in [6.07, 6.45) is 3.57. The Morgan fingerprint density at radius 2 is 2.04 bits per heavy atom. The second-order valence-corrected chi connectivity index (χ2v) is 9.09. The first kappa shape index (κ1) is 22.5. The third kappa shape index (κ3) is 6.38. The highest BCUT2D eigenvalue weighted by Crippen LogP contribution is 2.29. The van der Waals surface area contributed by atoms with Crippen LogP contribution in [0.3, 0.4) is 0 Å². The van der Waals surface area contributed by atoms with Gasteiger partial charge >= 0.3 is 0 Å². The number of para-hydroxylation sites is 1. The van der Waals surface area contributed by atoms with E-state index in [1.807, 2.05) is 31.2 Å². The lowest BCUT2D eigenvalue weighted by Crippen LogP contribution is -2.42. The number of guanidine groups is 1. The fourth-order valence-electron chi connectivity index (χ4n) is 3.49. The number of aliphatic hydroxyl groups excluding tert-OH is 1. The van der Waals surface area contributed by atoms with Crippen LogP contribution < -0.4 is 14.9 Å². The highest BCUT2D eigenvalue weighted by Gasteiger charge is 2.28. The van der Waals surface area contributed by atoms with Gasteiger partial charge in [0, 0.05) is 32.8 Å². The Morgan fingerprint density at radius 1 is 1.25 bits per heavy atom. The summed E-state index contributed by atoms with van der Waals surface area (Å²) in [5.74, 6) is 0.981. The molecule has 3 N–H and O–H groups in total. The minimum absolute atomic E-state index is 0.0147. The lowest BCUT2D eigenvalue weighted by molar-refractivity contribution is 0.253. The van der Waals surface area contributed by atoms with Crippen LogP contribution in [0.1, 0.15) is 38.7 Å². The fraction of sp³-hybridized carbons (Fsp3) is 0.650. The van der Waals surface area contributed by atoms with Crippen molar-refractivity contribution in [1.29, 1.82) is 0 Å². The fourth-order valence-corrected chi connectivity index (χ4v) is 4.91. The van der Waals surface area contributed by atoms with Crippen LogP contribution in [0, 0.1) is 5.92 Å². The summed E-state index contributed by atoms with van der Waals surface area (Å²) in [6, 6.07) is 7.67. The highest BCUT2D eigenvalue weighted by atomic mass is 32.2. The molecule has 28 heavy (non-hydrogen) atoms. The maximum Gasteiger partial charge on any atom is 0.236 e. The van der Waals surface area contributed by atoms with Crippen LogP contribution in [0.2, 0.25) is 0 Å². The van der Waals surface area contributed by atoms with Gasteiger partial charge in [-0.2, -0.15) is 0 Å². The standard InChI is InChI=1S/C20H34N4O3S/c1-3-7-17(11-14-25)16-23-20(21-4-2)22-12-15-28(26,27)24-13-10-18-8-5-6-9-19(18)24/h5-6,8-9,17,25H,3-4,7,10-16H2,1-2H3,(H2,21,22,23). The van der Waals surface area contributed by atoms with Gasteiger partial charge in [-0.3, -0.25) is 9.30 Å². The minimum Gasteiger partial charge on any atom is -0.396 e. The van der Waals surface area contributed by atoms with Gasteiger partial charge in [0.15, 0.2) is 5.96 Å². The predicted molar refractivity (Wildman–Crippen MR) is 115 cm³/mol. The molecule has 8 heteroatoms. The van der Waals surface area contributed by atoms with Crippen LogP contribution in [0.25, 0.3) is 0 Å². The van der Waals surface area contributed by atoms with Crippen molar-refractivity contribution in [3.8, 4) is 0 Å². The molecule has 0 aliphatic carbocycles. The van der Waals surface area contributed by atoms with Crippen molar-refractivity contribution in [3.05, 3.63) is 29.8 Å². The van der Waals surface area contributed by atoms with Gasteiger partial charge in [-0.05, 0) is 43.7 Å². The van der Waals surface area contributed by atoms with E-state index in [1.165, 1.54) is 4.31 Å². The molecule has 0 saturated carbocycles. The SMILES string of the molecule is CCCC(CCO)CN=C(NCC)NCCS(=O)(=O)N1CCc2ccccc21. The van der Waals surface area contributed by atoms with Crippen molar-refractivity contribution < 1.29 is 13.5 Å². The number of sulfonamides is 1. The Morgan fingerprint density at radius 3 is 2.75 bits per heavy atom. The smallest absolute Gasteiger partial charge is 0.236 e. The normalized spacial score (nSPS) is 15.4. The van der Waals surface area contributed by atoms with Crippen molar-refractivity contribution in [2.24, 2.45) is 10.9 Å². The van der Waals surface area contributed by atoms with Crippen LogP contribution in [0.4, 0.5) is 5.69 Å². The Labute approximate surface area is 169 Å². The number of anilines is 1. The molecule has 0 amide bonds. The molecule has 7 nitrogen and oxygen atoms in total. The number of nitrogens with one attached hydrogen (secondary N) is 2. The van der Waals surface area contributed by atoms with E-state index in [2.05, 4.69) is 22.5 Å². The number of aliphatic imine (C=N–C) groups is 1. The minimum atomic E-state index is -3.38. The average Bonchev–Trinajstić information content (AvgIpc) is 3.11. The van der Waals surface area contributed by atoms with Crippen LogP contribution in [0.15, 0.2) is 29.3 Å². The number of nitrogens with zero attached hydrogens (tertiary/aromatic N) is 2. The summed E-state index contributed by atoms with van der Waals surface area (Å²) in [6.45, 7) is 6.40. The van der Waals surface area contributed by atoms with E-state index in [9.17, 15) is 13.5 Å². The van der Waals surface area contributed by atoms with E-state index in [0.717, 1.165) is 36.9 Å². The molecule has 1 heterocycles. The first-order valence-corrected chi connectivity index (χ1v) is 11.8. The topological polar surface area (TPSA) is 94.0 Å². The van der Waals surface area contributed by atoms with E-state index < -0.39 is 10.0 Å².